The number of rotatable bonds is 5. The van der Waals surface area contributed by atoms with E-state index < -0.39 is 10.0 Å². The third-order valence-electron chi connectivity index (χ3n) is 3.87. The van der Waals surface area contributed by atoms with Gasteiger partial charge in [0.25, 0.3) is 10.0 Å². The maximum Gasteiger partial charge on any atom is 0.264 e. The second-order valence-electron chi connectivity index (χ2n) is 6.20. The van der Waals surface area contributed by atoms with Gasteiger partial charge in [0, 0.05) is 24.4 Å². The predicted molar refractivity (Wildman–Crippen MR) is 107 cm³/mol. The molecule has 0 aromatic heterocycles. The Balaban J connectivity index is 2.08. The molecular formula is C18H23N3O3S2. The summed E-state index contributed by atoms with van der Waals surface area (Å²) in [4.78, 5) is 11.8. The summed E-state index contributed by atoms with van der Waals surface area (Å²) in [6.45, 7) is 3.54. The van der Waals surface area contributed by atoms with Gasteiger partial charge in [-0.2, -0.15) is 0 Å². The van der Waals surface area contributed by atoms with Crippen LogP contribution >= 0.6 is 12.2 Å². The smallest absolute Gasteiger partial charge is 0.264 e. The van der Waals surface area contributed by atoms with Crippen molar-refractivity contribution < 1.29 is 13.2 Å². The van der Waals surface area contributed by atoms with Gasteiger partial charge in [-0.25, -0.2) is 8.42 Å². The number of sulfonamides is 1. The molecule has 0 radical (unpaired) electrons. The van der Waals surface area contributed by atoms with Crippen molar-refractivity contribution >= 4 is 38.9 Å². The minimum absolute atomic E-state index is 0.175. The molecule has 1 aliphatic carbocycles. The van der Waals surface area contributed by atoms with E-state index >= 15 is 0 Å². The Kier molecular flexibility index (Phi) is 6.55. The van der Waals surface area contributed by atoms with Crippen molar-refractivity contribution in [3.63, 3.8) is 0 Å². The van der Waals surface area contributed by atoms with Gasteiger partial charge in [0.15, 0.2) is 5.11 Å². The van der Waals surface area contributed by atoms with Crippen LogP contribution in [-0.2, 0) is 14.8 Å². The van der Waals surface area contributed by atoms with Crippen molar-refractivity contribution in [2.24, 2.45) is 5.92 Å². The molecule has 0 unspecified atom stereocenters. The number of likely N-dealkylation sites (N-methyl/N-ethyl adjacent to an activating group) is 1. The van der Waals surface area contributed by atoms with Crippen LogP contribution in [0.2, 0.25) is 0 Å². The van der Waals surface area contributed by atoms with Crippen molar-refractivity contribution in [2.75, 3.05) is 12.4 Å². The first kappa shape index (κ1) is 20.1. The molecule has 2 rings (SSSR count). The standard InChI is InChI=1S/C18H23N3O3S2/c1-13(2)17(22)20-18(25)19-14-9-11-16(12-10-14)26(23,24)21(3)15-7-5-4-6-8-15/h5,7-13H,4,6H2,1-3H3,(H2,19,20,22,25). The molecule has 0 saturated heterocycles. The van der Waals surface area contributed by atoms with Gasteiger partial charge in [0.05, 0.1) is 4.90 Å². The van der Waals surface area contributed by atoms with E-state index in [1.807, 2.05) is 18.2 Å². The topological polar surface area (TPSA) is 78.5 Å². The number of hydrogen-bond acceptors (Lipinski definition) is 4. The summed E-state index contributed by atoms with van der Waals surface area (Å²) in [6.07, 6.45) is 7.43. The van der Waals surface area contributed by atoms with Crippen LogP contribution in [-0.4, -0.2) is 30.8 Å². The molecule has 0 heterocycles. The molecule has 140 valence electrons. The third kappa shape index (κ3) is 4.92. The summed E-state index contributed by atoms with van der Waals surface area (Å²) < 4.78 is 26.7. The van der Waals surface area contributed by atoms with E-state index in [4.69, 9.17) is 12.2 Å². The zero-order valence-corrected chi connectivity index (χ0v) is 16.7. The Labute approximate surface area is 160 Å². The number of carbonyl (C=O) groups is 1. The van der Waals surface area contributed by atoms with E-state index in [1.165, 1.54) is 16.4 Å². The molecule has 0 spiro atoms. The van der Waals surface area contributed by atoms with Gasteiger partial charge in [0.2, 0.25) is 5.91 Å². The fourth-order valence-corrected chi connectivity index (χ4v) is 3.69. The van der Waals surface area contributed by atoms with Crippen LogP contribution in [0.25, 0.3) is 0 Å². The second-order valence-corrected chi connectivity index (χ2v) is 8.58. The lowest BCUT2D eigenvalue weighted by atomic mass is 10.1. The molecule has 8 heteroatoms. The van der Waals surface area contributed by atoms with E-state index in [9.17, 15) is 13.2 Å². The molecule has 0 atom stereocenters. The van der Waals surface area contributed by atoms with E-state index in [0.717, 1.165) is 12.8 Å². The number of carbonyl (C=O) groups excluding carboxylic acids is 1. The Bertz CT molecular complexity index is 841. The van der Waals surface area contributed by atoms with Crippen LogP contribution in [0.1, 0.15) is 26.7 Å². The van der Waals surface area contributed by atoms with Gasteiger partial charge in [-0.1, -0.05) is 26.0 Å². The Morgan fingerprint density at radius 1 is 1.19 bits per heavy atom. The molecule has 2 N–H and O–H groups in total. The normalized spacial score (nSPS) is 13.9. The number of nitrogens with zero attached hydrogens (tertiary/aromatic N) is 1. The molecule has 1 amide bonds. The van der Waals surface area contributed by atoms with Crippen LogP contribution in [0, 0.1) is 5.92 Å². The largest absolute Gasteiger partial charge is 0.332 e. The minimum Gasteiger partial charge on any atom is -0.332 e. The number of thiocarbonyl (C=S) groups is 1. The van der Waals surface area contributed by atoms with Crippen molar-refractivity contribution in [1.29, 1.82) is 0 Å². The molecule has 26 heavy (non-hydrogen) atoms. The summed E-state index contributed by atoms with van der Waals surface area (Å²) >= 11 is 5.08. The average molecular weight is 394 g/mol. The van der Waals surface area contributed by atoms with Crippen molar-refractivity contribution in [3.8, 4) is 0 Å². The number of allylic oxidation sites excluding steroid dienone is 3. The maximum atomic E-state index is 12.7. The third-order valence-corrected chi connectivity index (χ3v) is 5.87. The quantitative estimate of drug-likeness (QED) is 0.752. The van der Waals surface area contributed by atoms with Crippen LogP contribution in [0.5, 0.6) is 0 Å². The van der Waals surface area contributed by atoms with E-state index in [-0.39, 0.29) is 21.8 Å². The molecule has 1 aliphatic rings. The number of anilines is 1. The van der Waals surface area contributed by atoms with E-state index in [1.54, 1.807) is 33.0 Å². The minimum atomic E-state index is -3.63. The van der Waals surface area contributed by atoms with Crippen LogP contribution in [0.15, 0.2) is 53.1 Å². The average Bonchev–Trinajstić information content (AvgIpc) is 2.62. The van der Waals surface area contributed by atoms with E-state index in [2.05, 4.69) is 10.6 Å². The van der Waals surface area contributed by atoms with Gasteiger partial charge in [0.1, 0.15) is 0 Å². The number of hydrogen-bond donors (Lipinski definition) is 2. The lowest BCUT2D eigenvalue weighted by Gasteiger charge is -2.22. The highest BCUT2D eigenvalue weighted by molar-refractivity contribution is 7.89. The highest BCUT2D eigenvalue weighted by Gasteiger charge is 2.22. The Morgan fingerprint density at radius 3 is 2.38 bits per heavy atom. The summed E-state index contributed by atoms with van der Waals surface area (Å²) in [7, 11) is -2.09. The first-order valence-corrected chi connectivity index (χ1v) is 10.1. The first-order valence-electron chi connectivity index (χ1n) is 8.29. The summed E-state index contributed by atoms with van der Waals surface area (Å²) in [5.41, 5.74) is 1.26. The second kappa shape index (κ2) is 8.46. The zero-order chi connectivity index (χ0) is 19.3. The predicted octanol–water partition coefficient (Wildman–Crippen LogP) is 3.01. The van der Waals surface area contributed by atoms with Crippen molar-refractivity contribution in [3.05, 3.63) is 48.2 Å². The number of nitrogens with one attached hydrogen (secondary N) is 2. The molecular weight excluding hydrogens is 370 g/mol. The molecule has 0 bridgehead atoms. The maximum absolute atomic E-state index is 12.7. The summed E-state index contributed by atoms with van der Waals surface area (Å²) in [5.74, 6) is -0.363. The summed E-state index contributed by atoms with van der Waals surface area (Å²) in [6, 6.07) is 6.24. The van der Waals surface area contributed by atoms with Gasteiger partial charge in [-0.15, -0.1) is 0 Å². The van der Waals surface area contributed by atoms with Crippen molar-refractivity contribution in [2.45, 2.75) is 31.6 Å². The SMILES string of the molecule is CC(C)C(=O)NC(=S)Nc1ccc(S(=O)(=O)N(C)C2=CCCC=C2)cc1. The molecule has 1 aromatic carbocycles. The monoisotopic (exact) mass is 393 g/mol. The summed E-state index contributed by atoms with van der Waals surface area (Å²) in [5, 5.41) is 5.62. The number of benzene rings is 1. The Hall–Kier alpha value is -2.19. The Morgan fingerprint density at radius 2 is 1.85 bits per heavy atom. The fourth-order valence-electron chi connectivity index (χ4n) is 2.26. The van der Waals surface area contributed by atoms with Crippen LogP contribution in [0.3, 0.4) is 0 Å². The van der Waals surface area contributed by atoms with Gasteiger partial charge in [-0.3, -0.25) is 9.10 Å². The van der Waals surface area contributed by atoms with E-state index in [0.29, 0.717) is 11.4 Å². The van der Waals surface area contributed by atoms with Gasteiger partial charge < -0.3 is 10.6 Å². The van der Waals surface area contributed by atoms with Gasteiger partial charge >= 0.3 is 0 Å². The molecule has 0 fully saturated rings. The molecule has 0 aliphatic heterocycles. The number of amides is 1. The van der Waals surface area contributed by atoms with Crippen molar-refractivity contribution in [1.82, 2.24) is 9.62 Å². The van der Waals surface area contributed by atoms with Gasteiger partial charge in [-0.05, 0) is 55.4 Å². The molecule has 0 saturated carbocycles. The lowest BCUT2D eigenvalue weighted by molar-refractivity contribution is -0.122. The highest BCUT2D eigenvalue weighted by Crippen LogP contribution is 2.23. The van der Waals surface area contributed by atoms with Crippen LogP contribution in [0.4, 0.5) is 5.69 Å². The fraction of sp³-hybridized carbons (Fsp3) is 0.333. The molecule has 6 nitrogen and oxygen atoms in total. The molecule has 1 aromatic rings. The van der Waals surface area contributed by atoms with Crippen LogP contribution < -0.4 is 10.6 Å². The first-order chi connectivity index (χ1) is 12.2. The highest BCUT2D eigenvalue weighted by atomic mass is 32.2. The zero-order valence-electron chi connectivity index (χ0n) is 15.0. The lowest BCUT2D eigenvalue weighted by Crippen LogP contribution is -2.36.